The minimum Gasteiger partial charge on any atom is -0.381 e. The van der Waals surface area contributed by atoms with Crippen molar-refractivity contribution in [3.63, 3.8) is 0 Å². The predicted molar refractivity (Wildman–Crippen MR) is 53.5 cm³/mol. The maximum atomic E-state index is 5.54. The van der Waals surface area contributed by atoms with E-state index in [4.69, 9.17) is 10.6 Å². The Morgan fingerprint density at radius 2 is 2.64 bits per heavy atom. The van der Waals surface area contributed by atoms with E-state index in [0.717, 1.165) is 30.9 Å². The molecule has 0 radical (unpaired) electrons. The zero-order valence-electron chi connectivity index (χ0n) is 7.85. The van der Waals surface area contributed by atoms with Gasteiger partial charge in [0.25, 0.3) is 0 Å². The summed E-state index contributed by atoms with van der Waals surface area (Å²) in [5.41, 5.74) is 2.82. The zero-order chi connectivity index (χ0) is 9.80. The van der Waals surface area contributed by atoms with Gasteiger partial charge < -0.3 is 4.74 Å². The van der Waals surface area contributed by atoms with Gasteiger partial charge >= 0.3 is 0 Å². The summed E-state index contributed by atoms with van der Waals surface area (Å²) in [6.45, 7) is 1.64. The normalized spacial score (nSPS) is 24.8. The maximum Gasteiger partial charge on any atom is 0.0670 e. The van der Waals surface area contributed by atoms with E-state index >= 15 is 0 Å². The highest BCUT2D eigenvalue weighted by molar-refractivity contribution is 7.05. The number of hydrogen-bond donors (Lipinski definition) is 2. The Hall–Kier alpha value is -0.560. The largest absolute Gasteiger partial charge is 0.381 e. The molecular weight excluding hydrogens is 200 g/mol. The molecule has 0 spiro atoms. The third kappa shape index (κ3) is 2.09. The molecule has 1 fully saturated rings. The van der Waals surface area contributed by atoms with Gasteiger partial charge in [-0.3, -0.25) is 11.3 Å². The number of aromatic nitrogens is 2. The monoisotopic (exact) mass is 214 g/mol. The molecule has 14 heavy (non-hydrogen) atoms. The van der Waals surface area contributed by atoms with Gasteiger partial charge in [0.05, 0.1) is 23.7 Å². The van der Waals surface area contributed by atoms with Gasteiger partial charge in [0.2, 0.25) is 0 Å². The molecule has 2 unspecified atom stereocenters. The first-order valence-corrected chi connectivity index (χ1v) is 5.50. The molecule has 0 aromatic carbocycles. The van der Waals surface area contributed by atoms with Gasteiger partial charge in [0.15, 0.2) is 0 Å². The number of nitrogens with two attached hydrogens (primary N) is 1. The topological polar surface area (TPSA) is 73.1 Å². The van der Waals surface area contributed by atoms with Crippen molar-refractivity contribution in [1.82, 2.24) is 15.0 Å². The molecule has 3 N–H and O–H groups in total. The van der Waals surface area contributed by atoms with Crippen LogP contribution in [-0.2, 0) is 4.74 Å². The highest BCUT2D eigenvalue weighted by atomic mass is 32.1. The number of nitrogens with zero attached hydrogens (tertiary/aromatic N) is 2. The second-order valence-corrected chi connectivity index (χ2v) is 4.26. The van der Waals surface area contributed by atoms with Gasteiger partial charge in [-0.1, -0.05) is 4.49 Å². The van der Waals surface area contributed by atoms with Crippen LogP contribution in [0.5, 0.6) is 0 Å². The van der Waals surface area contributed by atoms with Crippen LogP contribution in [0.15, 0.2) is 6.20 Å². The third-order valence-corrected chi connectivity index (χ3v) is 3.28. The maximum absolute atomic E-state index is 5.54. The van der Waals surface area contributed by atoms with Crippen molar-refractivity contribution in [2.45, 2.75) is 18.9 Å². The second-order valence-electron chi connectivity index (χ2n) is 3.44. The third-order valence-electron chi connectivity index (χ3n) is 2.53. The van der Waals surface area contributed by atoms with Crippen molar-refractivity contribution >= 4 is 11.5 Å². The molecule has 0 aliphatic carbocycles. The molecule has 2 heterocycles. The van der Waals surface area contributed by atoms with Crippen LogP contribution in [0.4, 0.5) is 0 Å². The molecule has 0 saturated carbocycles. The predicted octanol–water partition coefficient (Wildman–Crippen LogP) is 0.469. The van der Waals surface area contributed by atoms with Crippen LogP contribution < -0.4 is 11.3 Å². The molecule has 2 rings (SSSR count). The van der Waals surface area contributed by atoms with Gasteiger partial charge in [-0.05, 0) is 24.4 Å². The average Bonchev–Trinajstić information content (AvgIpc) is 2.74. The van der Waals surface area contributed by atoms with E-state index in [-0.39, 0.29) is 6.04 Å². The van der Waals surface area contributed by atoms with Gasteiger partial charge in [0.1, 0.15) is 0 Å². The summed E-state index contributed by atoms with van der Waals surface area (Å²) in [6, 6.07) is 0.135. The summed E-state index contributed by atoms with van der Waals surface area (Å²) >= 11 is 1.39. The van der Waals surface area contributed by atoms with E-state index in [9.17, 15) is 0 Å². The van der Waals surface area contributed by atoms with Gasteiger partial charge in [-0.2, -0.15) is 0 Å². The summed E-state index contributed by atoms with van der Waals surface area (Å²) < 4.78 is 9.27. The minimum atomic E-state index is 0.135. The van der Waals surface area contributed by atoms with E-state index in [1.807, 2.05) is 0 Å². The summed E-state index contributed by atoms with van der Waals surface area (Å²) in [6.07, 6.45) is 4.02. The van der Waals surface area contributed by atoms with Crippen molar-refractivity contribution < 1.29 is 4.74 Å². The molecule has 1 aliphatic rings. The van der Waals surface area contributed by atoms with Crippen LogP contribution >= 0.6 is 11.5 Å². The lowest BCUT2D eigenvalue weighted by Gasteiger charge is -2.28. The Morgan fingerprint density at radius 3 is 3.21 bits per heavy atom. The first kappa shape index (κ1) is 9.97. The van der Waals surface area contributed by atoms with E-state index in [2.05, 4.69) is 15.0 Å². The zero-order valence-corrected chi connectivity index (χ0v) is 8.67. The van der Waals surface area contributed by atoms with Crippen LogP contribution in [0, 0.1) is 5.92 Å². The van der Waals surface area contributed by atoms with Gasteiger partial charge in [0, 0.05) is 12.5 Å². The molecule has 0 amide bonds. The van der Waals surface area contributed by atoms with Gasteiger partial charge in [-0.25, -0.2) is 0 Å². The molecule has 0 bridgehead atoms. The minimum absolute atomic E-state index is 0.135. The summed E-state index contributed by atoms with van der Waals surface area (Å²) in [5.74, 6) is 5.98. The number of hydrogen-bond acceptors (Lipinski definition) is 6. The molecule has 1 aromatic heterocycles. The second kappa shape index (κ2) is 4.79. The average molecular weight is 214 g/mol. The first-order chi connectivity index (χ1) is 6.92. The molecule has 1 saturated heterocycles. The molecule has 78 valence electrons. The van der Waals surface area contributed by atoms with Crippen molar-refractivity contribution in [1.29, 1.82) is 0 Å². The van der Waals surface area contributed by atoms with Crippen LogP contribution in [0.1, 0.15) is 23.8 Å². The molecule has 6 heteroatoms. The molecule has 1 aliphatic heterocycles. The fraction of sp³-hybridized carbons (Fsp3) is 0.750. The van der Waals surface area contributed by atoms with Crippen LogP contribution in [-0.4, -0.2) is 22.8 Å². The van der Waals surface area contributed by atoms with E-state index < -0.39 is 0 Å². The highest BCUT2D eigenvalue weighted by Gasteiger charge is 2.26. The van der Waals surface area contributed by atoms with Crippen LogP contribution in [0.3, 0.4) is 0 Å². The van der Waals surface area contributed by atoms with E-state index in [1.54, 1.807) is 6.20 Å². The lowest BCUT2D eigenvalue weighted by Crippen LogP contribution is -2.36. The van der Waals surface area contributed by atoms with Crippen molar-refractivity contribution in [2.75, 3.05) is 13.2 Å². The molecular formula is C8H14N4OS. The van der Waals surface area contributed by atoms with Crippen molar-refractivity contribution in [3.05, 3.63) is 11.1 Å². The van der Waals surface area contributed by atoms with Crippen LogP contribution in [0.2, 0.25) is 0 Å². The molecule has 2 atom stereocenters. The number of hydrazine groups is 1. The summed E-state index contributed by atoms with van der Waals surface area (Å²) in [4.78, 5) is 1.09. The summed E-state index contributed by atoms with van der Waals surface area (Å²) in [7, 11) is 0. The molecule has 5 nitrogen and oxygen atoms in total. The smallest absolute Gasteiger partial charge is 0.0670 e. The highest BCUT2D eigenvalue weighted by Crippen LogP contribution is 2.29. The van der Waals surface area contributed by atoms with Gasteiger partial charge in [-0.15, -0.1) is 5.10 Å². The Bertz CT molecular complexity index is 260. The number of ether oxygens (including phenoxy) is 1. The quantitative estimate of drug-likeness (QED) is 0.565. The SMILES string of the molecule is NNC(c1cnns1)C1CCCOC1. The first-order valence-electron chi connectivity index (χ1n) is 4.73. The Morgan fingerprint density at radius 1 is 1.71 bits per heavy atom. The Kier molecular flexibility index (Phi) is 3.41. The molecule has 1 aromatic rings. The number of rotatable bonds is 3. The van der Waals surface area contributed by atoms with Crippen molar-refractivity contribution in [3.8, 4) is 0 Å². The fourth-order valence-corrected chi connectivity index (χ4v) is 2.45. The number of nitrogens with one attached hydrogen (secondary N) is 1. The standard InChI is InChI=1S/C8H14N4OS/c9-11-8(7-4-10-12-14-7)6-2-1-3-13-5-6/h4,6,8,11H,1-3,5,9H2. The fourth-order valence-electron chi connectivity index (χ4n) is 1.79. The van der Waals surface area contributed by atoms with Crippen molar-refractivity contribution in [2.24, 2.45) is 11.8 Å². The Balaban J connectivity index is 2.04. The lowest BCUT2D eigenvalue weighted by molar-refractivity contribution is 0.0395. The Labute approximate surface area is 86.8 Å². The van der Waals surface area contributed by atoms with E-state index in [0.29, 0.717) is 5.92 Å². The lowest BCUT2D eigenvalue weighted by atomic mass is 9.93. The van der Waals surface area contributed by atoms with Crippen LogP contribution in [0.25, 0.3) is 0 Å². The van der Waals surface area contributed by atoms with E-state index in [1.165, 1.54) is 11.5 Å². The summed E-state index contributed by atoms with van der Waals surface area (Å²) in [5, 5.41) is 3.82.